The minimum Gasteiger partial charge on any atom is -0.331 e. The van der Waals surface area contributed by atoms with Crippen LogP contribution in [0, 0.1) is 5.82 Å². The predicted octanol–water partition coefficient (Wildman–Crippen LogP) is 4.83. The van der Waals surface area contributed by atoms with Crippen LogP contribution in [0.15, 0.2) is 42.5 Å². The maximum absolute atomic E-state index is 13.0. The molecule has 0 aliphatic rings. The van der Waals surface area contributed by atoms with E-state index >= 15 is 0 Å². The Morgan fingerprint density at radius 1 is 1.04 bits per heavy atom. The molecule has 0 spiro atoms. The van der Waals surface area contributed by atoms with Crippen LogP contribution in [0.4, 0.5) is 14.9 Å². The number of amides is 2. The minimum absolute atomic E-state index is 0.200. The summed E-state index contributed by atoms with van der Waals surface area (Å²) in [7, 11) is 0. The van der Waals surface area contributed by atoms with E-state index in [1.54, 1.807) is 12.1 Å². The SMILES string of the molecule is CCc1cccc(CC)c1NC(=O)N[C@@H](C)c1ccc(F)cc1. The first kappa shape index (κ1) is 17.0. The zero-order chi connectivity index (χ0) is 16.8. The Morgan fingerprint density at radius 2 is 1.61 bits per heavy atom. The minimum atomic E-state index is -0.283. The van der Waals surface area contributed by atoms with E-state index in [1.807, 2.05) is 25.1 Å². The first-order chi connectivity index (χ1) is 11.0. The van der Waals surface area contributed by atoms with Crippen molar-refractivity contribution < 1.29 is 9.18 Å². The average molecular weight is 314 g/mol. The van der Waals surface area contributed by atoms with Crippen LogP contribution >= 0.6 is 0 Å². The van der Waals surface area contributed by atoms with Crippen molar-refractivity contribution in [1.82, 2.24) is 5.32 Å². The van der Waals surface area contributed by atoms with Crippen molar-refractivity contribution in [2.45, 2.75) is 39.7 Å². The monoisotopic (exact) mass is 314 g/mol. The summed E-state index contributed by atoms with van der Waals surface area (Å²) in [5.41, 5.74) is 3.99. The molecule has 1 atom stereocenters. The van der Waals surface area contributed by atoms with Crippen LogP contribution in [-0.4, -0.2) is 6.03 Å². The Morgan fingerprint density at radius 3 is 2.13 bits per heavy atom. The molecule has 122 valence electrons. The fraction of sp³-hybridized carbons (Fsp3) is 0.316. The normalized spacial score (nSPS) is 11.8. The highest BCUT2D eigenvalue weighted by molar-refractivity contribution is 5.91. The van der Waals surface area contributed by atoms with Crippen molar-refractivity contribution in [2.24, 2.45) is 0 Å². The van der Waals surface area contributed by atoms with Crippen molar-refractivity contribution in [1.29, 1.82) is 0 Å². The van der Waals surface area contributed by atoms with Gasteiger partial charge in [0.2, 0.25) is 0 Å². The number of anilines is 1. The number of aryl methyl sites for hydroxylation is 2. The highest BCUT2D eigenvalue weighted by Gasteiger charge is 2.13. The summed E-state index contributed by atoms with van der Waals surface area (Å²) in [6.07, 6.45) is 1.72. The summed E-state index contributed by atoms with van der Waals surface area (Å²) in [5, 5.41) is 5.86. The summed E-state index contributed by atoms with van der Waals surface area (Å²) in [4.78, 5) is 12.3. The molecule has 2 aromatic rings. The van der Waals surface area contributed by atoms with Gasteiger partial charge in [-0.3, -0.25) is 0 Å². The van der Waals surface area contributed by atoms with Gasteiger partial charge in [0.25, 0.3) is 0 Å². The number of benzene rings is 2. The molecule has 0 fully saturated rings. The fourth-order valence-corrected chi connectivity index (χ4v) is 2.58. The van der Waals surface area contributed by atoms with E-state index in [0.29, 0.717) is 0 Å². The summed E-state index contributed by atoms with van der Waals surface area (Å²) in [6.45, 7) is 6.01. The number of carbonyl (C=O) groups excluding carboxylic acids is 1. The van der Waals surface area contributed by atoms with Gasteiger partial charge in [-0.1, -0.05) is 44.2 Å². The molecule has 2 rings (SSSR count). The second kappa shape index (κ2) is 7.77. The first-order valence-corrected chi connectivity index (χ1v) is 7.98. The van der Waals surface area contributed by atoms with Gasteiger partial charge in [-0.15, -0.1) is 0 Å². The Bertz CT molecular complexity index is 645. The predicted molar refractivity (Wildman–Crippen MR) is 92.2 cm³/mol. The molecule has 0 aliphatic heterocycles. The molecule has 0 heterocycles. The van der Waals surface area contributed by atoms with Crippen molar-refractivity contribution >= 4 is 11.7 Å². The number of urea groups is 1. The molecule has 0 unspecified atom stereocenters. The topological polar surface area (TPSA) is 41.1 Å². The van der Waals surface area contributed by atoms with Gasteiger partial charge in [0, 0.05) is 5.69 Å². The molecule has 2 aromatic carbocycles. The number of halogens is 1. The third-order valence-electron chi connectivity index (χ3n) is 3.95. The zero-order valence-corrected chi connectivity index (χ0v) is 13.8. The number of hydrogen-bond donors (Lipinski definition) is 2. The van der Waals surface area contributed by atoms with E-state index in [1.165, 1.54) is 12.1 Å². The summed E-state index contributed by atoms with van der Waals surface area (Å²) in [5.74, 6) is -0.283. The highest BCUT2D eigenvalue weighted by Crippen LogP contribution is 2.23. The molecule has 23 heavy (non-hydrogen) atoms. The molecule has 0 aliphatic carbocycles. The van der Waals surface area contributed by atoms with Gasteiger partial charge < -0.3 is 10.6 Å². The van der Waals surface area contributed by atoms with E-state index in [-0.39, 0.29) is 17.9 Å². The lowest BCUT2D eigenvalue weighted by Gasteiger charge is -2.18. The molecule has 0 aromatic heterocycles. The van der Waals surface area contributed by atoms with Crippen molar-refractivity contribution in [2.75, 3.05) is 5.32 Å². The second-order valence-corrected chi connectivity index (χ2v) is 5.53. The molecule has 0 saturated carbocycles. The second-order valence-electron chi connectivity index (χ2n) is 5.53. The van der Waals surface area contributed by atoms with E-state index < -0.39 is 0 Å². The van der Waals surface area contributed by atoms with Gasteiger partial charge in [-0.2, -0.15) is 0 Å². The van der Waals surface area contributed by atoms with Crippen molar-refractivity contribution in [3.63, 3.8) is 0 Å². The molecule has 0 radical (unpaired) electrons. The van der Waals surface area contributed by atoms with Gasteiger partial charge >= 0.3 is 6.03 Å². The molecule has 0 saturated heterocycles. The summed E-state index contributed by atoms with van der Waals surface area (Å²) >= 11 is 0. The molecular weight excluding hydrogens is 291 g/mol. The lowest BCUT2D eigenvalue weighted by Crippen LogP contribution is -2.31. The highest BCUT2D eigenvalue weighted by atomic mass is 19.1. The van der Waals surface area contributed by atoms with E-state index in [0.717, 1.165) is 35.2 Å². The largest absolute Gasteiger partial charge is 0.331 e. The lowest BCUT2D eigenvalue weighted by atomic mass is 10.0. The van der Waals surface area contributed by atoms with Gasteiger partial charge in [-0.25, -0.2) is 9.18 Å². The fourth-order valence-electron chi connectivity index (χ4n) is 2.58. The van der Waals surface area contributed by atoms with Gasteiger partial charge in [0.05, 0.1) is 6.04 Å². The number of hydrogen-bond acceptors (Lipinski definition) is 1. The van der Waals surface area contributed by atoms with Crippen LogP contribution in [0.5, 0.6) is 0 Å². The van der Waals surface area contributed by atoms with Crippen LogP contribution in [0.25, 0.3) is 0 Å². The quantitative estimate of drug-likeness (QED) is 0.815. The Kier molecular flexibility index (Phi) is 5.74. The maximum atomic E-state index is 13.0. The lowest BCUT2D eigenvalue weighted by molar-refractivity contribution is 0.249. The molecule has 4 heteroatoms. The van der Waals surface area contributed by atoms with Crippen LogP contribution < -0.4 is 10.6 Å². The van der Waals surface area contributed by atoms with Crippen LogP contribution in [-0.2, 0) is 12.8 Å². The van der Waals surface area contributed by atoms with Crippen molar-refractivity contribution in [3.05, 3.63) is 65.0 Å². The van der Waals surface area contributed by atoms with Crippen molar-refractivity contribution in [3.8, 4) is 0 Å². The molecule has 0 bridgehead atoms. The van der Waals surface area contributed by atoms with E-state index in [4.69, 9.17) is 0 Å². The Labute approximate surface area is 136 Å². The first-order valence-electron chi connectivity index (χ1n) is 7.98. The number of carbonyl (C=O) groups is 1. The van der Waals surface area contributed by atoms with Crippen LogP contribution in [0.2, 0.25) is 0 Å². The number of rotatable bonds is 5. The third kappa shape index (κ3) is 4.31. The van der Waals surface area contributed by atoms with E-state index in [9.17, 15) is 9.18 Å². The van der Waals surface area contributed by atoms with E-state index in [2.05, 4.69) is 24.5 Å². The Hall–Kier alpha value is -2.36. The molecular formula is C19H23FN2O. The standard InChI is InChI=1S/C19H23FN2O/c1-4-14-7-6-8-15(5-2)18(14)22-19(23)21-13(3)16-9-11-17(20)12-10-16/h6-13H,4-5H2,1-3H3,(H2,21,22,23)/t13-/m0/s1. The van der Waals surface area contributed by atoms with Gasteiger partial charge in [-0.05, 0) is 48.6 Å². The number of para-hydroxylation sites is 1. The average Bonchev–Trinajstić information content (AvgIpc) is 2.55. The zero-order valence-electron chi connectivity index (χ0n) is 13.8. The summed E-state index contributed by atoms with van der Waals surface area (Å²) < 4.78 is 13.0. The number of nitrogens with one attached hydrogen (secondary N) is 2. The maximum Gasteiger partial charge on any atom is 0.319 e. The summed E-state index contributed by atoms with van der Waals surface area (Å²) in [6, 6.07) is 11.8. The van der Waals surface area contributed by atoms with Gasteiger partial charge in [0.15, 0.2) is 0 Å². The van der Waals surface area contributed by atoms with Crippen LogP contribution in [0.3, 0.4) is 0 Å². The molecule has 3 nitrogen and oxygen atoms in total. The molecule has 2 amide bonds. The molecule has 2 N–H and O–H groups in total. The Balaban J connectivity index is 2.09. The van der Waals surface area contributed by atoms with Gasteiger partial charge in [0.1, 0.15) is 5.82 Å². The van der Waals surface area contributed by atoms with Crippen LogP contribution in [0.1, 0.15) is 43.5 Å². The third-order valence-corrected chi connectivity index (χ3v) is 3.95. The smallest absolute Gasteiger partial charge is 0.319 e.